The molecule has 0 bridgehead atoms. The van der Waals surface area contributed by atoms with Crippen LogP contribution in [0.3, 0.4) is 0 Å². The minimum atomic E-state index is -1.24. The highest BCUT2D eigenvalue weighted by Crippen LogP contribution is 2.65. The summed E-state index contributed by atoms with van der Waals surface area (Å²) >= 11 is 0. The van der Waals surface area contributed by atoms with Crippen molar-refractivity contribution in [2.45, 2.75) is 64.3 Å². The SMILES string of the molecule is C[C@]1(CO)CCC[C@]2(C)[C@H]3Cc4occc4[C@@](C)(O)[C@@H]3[C@@H](O)[C@H](O)[C@@H]12. The van der Waals surface area contributed by atoms with Gasteiger partial charge in [-0.1, -0.05) is 20.3 Å². The Labute approximate surface area is 148 Å². The molecule has 0 spiro atoms. The van der Waals surface area contributed by atoms with Crippen molar-refractivity contribution in [3.8, 4) is 0 Å². The predicted octanol–water partition coefficient (Wildman–Crippen LogP) is 1.82. The molecule has 5 nitrogen and oxygen atoms in total. The van der Waals surface area contributed by atoms with Gasteiger partial charge in [0.1, 0.15) is 5.76 Å². The van der Waals surface area contributed by atoms with Gasteiger partial charge in [0.15, 0.2) is 0 Å². The lowest BCUT2D eigenvalue weighted by molar-refractivity contribution is -0.256. The van der Waals surface area contributed by atoms with E-state index in [1.165, 1.54) is 0 Å². The van der Waals surface area contributed by atoms with Gasteiger partial charge in [0.25, 0.3) is 0 Å². The molecule has 2 saturated carbocycles. The zero-order valence-electron chi connectivity index (χ0n) is 15.3. The molecule has 1 aromatic heterocycles. The van der Waals surface area contributed by atoms with Crippen LogP contribution < -0.4 is 0 Å². The summed E-state index contributed by atoms with van der Waals surface area (Å²) in [5, 5.41) is 43.5. The van der Waals surface area contributed by atoms with Crippen molar-refractivity contribution in [1.29, 1.82) is 0 Å². The molecule has 5 heteroatoms. The van der Waals surface area contributed by atoms with Gasteiger partial charge in [0.05, 0.1) is 24.1 Å². The van der Waals surface area contributed by atoms with Crippen LogP contribution in [0.2, 0.25) is 0 Å². The molecule has 25 heavy (non-hydrogen) atoms. The average Bonchev–Trinajstić information content (AvgIpc) is 3.02. The van der Waals surface area contributed by atoms with Gasteiger partial charge in [-0.15, -0.1) is 0 Å². The molecule has 0 radical (unpaired) electrons. The molecule has 0 aromatic carbocycles. The maximum absolute atomic E-state index is 11.3. The molecule has 1 heterocycles. The molecule has 4 N–H and O–H groups in total. The van der Waals surface area contributed by atoms with Crippen LogP contribution in [-0.4, -0.2) is 39.2 Å². The van der Waals surface area contributed by atoms with Gasteiger partial charge in [0.2, 0.25) is 0 Å². The van der Waals surface area contributed by atoms with Crippen LogP contribution in [0, 0.1) is 28.6 Å². The van der Waals surface area contributed by atoms with Crippen LogP contribution in [0.5, 0.6) is 0 Å². The Bertz CT molecular complexity index is 667. The second kappa shape index (κ2) is 5.32. The van der Waals surface area contributed by atoms with E-state index in [1.54, 1.807) is 19.3 Å². The van der Waals surface area contributed by atoms with E-state index in [-0.39, 0.29) is 23.9 Å². The molecule has 2 fully saturated rings. The summed E-state index contributed by atoms with van der Waals surface area (Å²) < 4.78 is 5.65. The largest absolute Gasteiger partial charge is 0.469 e. The summed E-state index contributed by atoms with van der Waals surface area (Å²) in [5.41, 5.74) is -1.21. The van der Waals surface area contributed by atoms with E-state index < -0.39 is 29.1 Å². The van der Waals surface area contributed by atoms with Gasteiger partial charge in [-0.2, -0.15) is 0 Å². The number of rotatable bonds is 1. The van der Waals surface area contributed by atoms with Crippen molar-refractivity contribution in [1.82, 2.24) is 0 Å². The minimum Gasteiger partial charge on any atom is -0.469 e. The molecule has 3 aliphatic carbocycles. The Morgan fingerprint density at radius 2 is 1.88 bits per heavy atom. The minimum absolute atomic E-state index is 0.00316. The maximum atomic E-state index is 11.3. The van der Waals surface area contributed by atoms with Crippen LogP contribution in [0.4, 0.5) is 0 Å². The van der Waals surface area contributed by atoms with Gasteiger partial charge in [0, 0.05) is 30.4 Å². The van der Waals surface area contributed by atoms with Crippen LogP contribution in [0.25, 0.3) is 0 Å². The van der Waals surface area contributed by atoms with Crippen LogP contribution in [-0.2, 0) is 12.0 Å². The van der Waals surface area contributed by atoms with Crippen molar-refractivity contribution >= 4 is 0 Å². The second-order valence-electron chi connectivity index (χ2n) is 9.37. The Kier molecular flexibility index (Phi) is 3.73. The van der Waals surface area contributed by atoms with Gasteiger partial charge in [-0.05, 0) is 42.6 Å². The smallest absolute Gasteiger partial charge is 0.110 e. The first-order chi connectivity index (χ1) is 11.7. The van der Waals surface area contributed by atoms with E-state index in [0.29, 0.717) is 6.42 Å². The number of hydrogen-bond donors (Lipinski definition) is 4. The molecule has 3 aliphatic rings. The third-order valence-electron chi connectivity index (χ3n) is 7.97. The Morgan fingerprint density at radius 1 is 1.16 bits per heavy atom. The van der Waals surface area contributed by atoms with E-state index in [1.807, 2.05) is 6.92 Å². The van der Waals surface area contributed by atoms with E-state index in [9.17, 15) is 20.4 Å². The van der Waals surface area contributed by atoms with Gasteiger partial charge < -0.3 is 24.8 Å². The van der Waals surface area contributed by atoms with Crippen LogP contribution in [0.15, 0.2) is 16.7 Å². The van der Waals surface area contributed by atoms with E-state index >= 15 is 0 Å². The number of fused-ring (bicyclic) bond motifs is 4. The van der Waals surface area contributed by atoms with Gasteiger partial charge in [-0.25, -0.2) is 0 Å². The summed E-state index contributed by atoms with van der Waals surface area (Å²) in [6.45, 7) is 5.91. The summed E-state index contributed by atoms with van der Waals surface area (Å²) in [4.78, 5) is 0. The molecule has 0 unspecified atom stereocenters. The molecule has 0 amide bonds. The van der Waals surface area contributed by atoms with Gasteiger partial charge in [-0.3, -0.25) is 0 Å². The fourth-order valence-electron chi connectivity index (χ4n) is 6.85. The Hall–Kier alpha value is -0.880. The van der Waals surface area contributed by atoms with E-state index in [4.69, 9.17) is 4.42 Å². The van der Waals surface area contributed by atoms with Crippen LogP contribution in [0.1, 0.15) is 51.4 Å². The normalized spacial score (nSPS) is 52.2. The first-order valence-corrected chi connectivity index (χ1v) is 9.43. The highest BCUT2D eigenvalue weighted by Gasteiger charge is 2.66. The van der Waals surface area contributed by atoms with Crippen LogP contribution >= 0.6 is 0 Å². The third kappa shape index (κ3) is 2.10. The number of aliphatic hydroxyl groups excluding tert-OH is 3. The highest BCUT2D eigenvalue weighted by atomic mass is 16.3. The van der Waals surface area contributed by atoms with E-state index in [2.05, 4.69) is 6.92 Å². The maximum Gasteiger partial charge on any atom is 0.110 e. The number of furan rings is 1. The topological polar surface area (TPSA) is 94.1 Å². The summed E-state index contributed by atoms with van der Waals surface area (Å²) in [5.74, 6) is 0.124. The van der Waals surface area contributed by atoms with Crippen molar-refractivity contribution in [2.75, 3.05) is 6.61 Å². The molecule has 140 valence electrons. The second-order valence-corrected chi connectivity index (χ2v) is 9.37. The molecule has 4 rings (SSSR count). The van der Waals surface area contributed by atoms with Gasteiger partial charge >= 0.3 is 0 Å². The van der Waals surface area contributed by atoms with Crippen molar-refractivity contribution in [3.05, 3.63) is 23.7 Å². The molecule has 8 atom stereocenters. The Balaban J connectivity index is 1.87. The summed E-state index contributed by atoms with van der Waals surface area (Å²) in [6, 6.07) is 1.78. The molecule has 0 saturated heterocycles. The highest BCUT2D eigenvalue weighted by molar-refractivity contribution is 5.32. The van der Waals surface area contributed by atoms with Crippen molar-refractivity contribution in [3.63, 3.8) is 0 Å². The molecular weight excluding hydrogens is 320 g/mol. The van der Waals surface area contributed by atoms with Crippen molar-refractivity contribution in [2.24, 2.45) is 28.6 Å². The number of aliphatic hydroxyl groups is 4. The lowest BCUT2D eigenvalue weighted by atomic mass is 9.41. The first kappa shape index (κ1) is 17.5. The summed E-state index contributed by atoms with van der Waals surface area (Å²) in [7, 11) is 0. The van der Waals surface area contributed by atoms with Crippen molar-refractivity contribution < 1.29 is 24.8 Å². The molecule has 1 aromatic rings. The molecular formula is C20H30O5. The first-order valence-electron chi connectivity index (χ1n) is 9.43. The van der Waals surface area contributed by atoms with E-state index in [0.717, 1.165) is 30.6 Å². The zero-order chi connectivity index (χ0) is 18.2. The zero-order valence-corrected chi connectivity index (χ0v) is 15.3. The predicted molar refractivity (Wildman–Crippen MR) is 91.6 cm³/mol. The standard InChI is InChI=1S/C20H30O5/c1-18(10-21)6-4-7-19(2)12-9-13-11(5-8-25-13)20(3,24)14(12)15(22)16(23)17(18)19/h5,8,12,14-17,21-24H,4,6-7,9-10H2,1-3H3/t12-,14-,15+,16-,17-,18+,19+,20+/m0/s1. The quantitative estimate of drug-likeness (QED) is 0.620. The number of hydrogen-bond acceptors (Lipinski definition) is 5. The lowest BCUT2D eigenvalue weighted by Gasteiger charge is -2.65. The third-order valence-corrected chi connectivity index (χ3v) is 7.97. The average molecular weight is 350 g/mol. The Morgan fingerprint density at radius 3 is 2.56 bits per heavy atom. The fraction of sp³-hybridized carbons (Fsp3) is 0.800. The summed E-state index contributed by atoms with van der Waals surface area (Å²) in [6.07, 6.45) is 3.01. The molecule has 0 aliphatic heterocycles. The monoisotopic (exact) mass is 350 g/mol. The lowest BCUT2D eigenvalue weighted by Crippen LogP contribution is -2.68. The fourth-order valence-corrected chi connectivity index (χ4v) is 6.85.